The molecule has 2 rings (SSSR count). The van der Waals surface area contributed by atoms with Crippen LogP contribution in [0.3, 0.4) is 0 Å². The first-order chi connectivity index (χ1) is 6.25. The van der Waals surface area contributed by atoms with Gasteiger partial charge in [-0.1, -0.05) is 18.2 Å². The summed E-state index contributed by atoms with van der Waals surface area (Å²) in [5.41, 5.74) is 10.6. The first-order valence-electron chi connectivity index (χ1n) is 3.84. The molecule has 0 aliphatic heterocycles. The van der Waals surface area contributed by atoms with Gasteiger partial charge in [0.15, 0.2) is 5.96 Å². The third kappa shape index (κ3) is 1.62. The van der Waals surface area contributed by atoms with Crippen LogP contribution in [-0.2, 0) is 0 Å². The lowest BCUT2D eigenvalue weighted by molar-refractivity contribution is 1.46. The van der Waals surface area contributed by atoms with Crippen LogP contribution in [0, 0.1) is 0 Å². The van der Waals surface area contributed by atoms with E-state index in [4.69, 9.17) is 11.5 Å². The van der Waals surface area contributed by atoms with Crippen LogP contribution in [0.25, 0.3) is 10.1 Å². The second-order valence-electron chi connectivity index (χ2n) is 2.66. The van der Waals surface area contributed by atoms with Crippen LogP contribution in [-0.4, -0.2) is 5.96 Å². The molecule has 0 radical (unpaired) electrons. The molecule has 1 aromatic heterocycles. The number of hydrogen-bond donors (Lipinski definition) is 2. The number of aliphatic imine (C=N–C) groups is 1. The largest absolute Gasteiger partial charge is 0.370 e. The van der Waals surface area contributed by atoms with Crippen LogP contribution in [0.5, 0.6) is 0 Å². The second kappa shape index (κ2) is 3.06. The van der Waals surface area contributed by atoms with Crippen molar-refractivity contribution in [3.8, 4) is 0 Å². The van der Waals surface area contributed by atoms with Gasteiger partial charge in [0, 0.05) is 4.70 Å². The van der Waals surface area contributed by atoms with Gasteiger partial charge in [0.1, 0.15) is 5.00 Å². The summed E-state index contributed by atoms with van der Waals surface area (Å²) >= 11 is 1.58. The molecule has 0 spiro atoms. The van der Waals surface area contributed by atoms with E-state index in [9.17, 15) is 0 Å². The molecule has 0 atom stereocenters. The molecule has 0 amide bonds. The number of benzene rings is 1. The Morgan fingerprint density at radius 1 is 1.23 bits per heavy atom. The molecule has 0 bridgehead atoms. The summed E-state index contributed by atoms with van der Waals surface area (Å²) in [6.45, 7) is 0. The van der Waals surface area contributed by atoms with Gasteiger partial charge in [-0.15, -0.1) is 11.3 Å². The van der Waals surface area contributed by atoms with E-state index in [0.29, 0.717) is 0 Å². The Balaban J connectivity index is 2.56. The highest BCUT2D eigenvalue weighted by Crippen LogP contribution is 2.31. The lowest BCUT2D eigenvalue weighted by Gasteiger charge is -1.85. The number of thiophene rings is 1. The van der Waals surface area contributed by atoms with Crippen LogP contribution in [0.1, 0.15) is 0 Å². The van der Waals surface area contributed by atoms with Crippen molar-refractivity contribution in [2.45, 2.75) is 0 Å². The van der Waals surface area contributed by atoms with Gasteiger partial charge in [0.25, 0.3) is 0 Å². The van der Waals surface area contributed by atoms with Crippen molar-refractivity contribution >= 4 is 32.4 Å². The van der Waals surface area contributed by atoms with Crippen LogP contribution in [0.4, 0.5) is 5.00 Å². The predicted molar refractivity (Wildman–Crippen MR) is 57.3 cm³/mol. The van der Waals surface area contributed by atoms with Crippen molar-refractivity contribution in [3.63, 3.8) is 0 Å². The van der Waals surface area contributed by atoms with Crippen molar-refractivity contribution in [2.24, 2.45) is 16.5 Å². The quantitative estimate of drug-likeness (QED) is 0.533. The maximum absolute atomic E-state index is 5.28. The summed E-state index contributed by atoms with van der Waals surface area (Å²) in [7, 11) is 0. The van der Waals surface area contributed by atoms with Crippen molar-refractivity contribution in [3.05, 3.63) is 30.3 Å². The summed E-state index contributed by atoms with van der Waals surface area (Å²) in [5.74, 6) is 0.103. The Kier molecular flexibility index (Phi) is 1.90. The fourth-order valence-electron chi connectivity index (χ4n) is 1.15. The number of fused-ring (bicyclic) bond motifs is 1. The molecule has 0 saturated heterocycles. The normalized spacial score (nSPS) is 10.2. The first-order valence-corrected chi connectivity index (χ1v) is 4.65. The summed E-state index contributed by atoms with van der Waals surface area (Å²) in [6, 6.07) is 10.1. The third-order valence-electron chi connectivity index (χ3n) is 1.65. The molecule has 0 saturated carbocycles. The fraction of sp³-hybridized carbons (Fsp3) is 0. The molecule has 0 fully saturated rings. The molecule has 3 nitrogen and oxygen atoms in total. The first kappa shape index (κ1) is 8.07. The van der Waals surface area contributed by atoms with E-state index in [1.165, 1.54) is 10.1 Å². The van der Waals surface area contributed by atoms with Crippen LogP contribution < -0.4 is 11.5 Å². The summed E-state index contributed by atoms with van der Waals surface area (Å²) in [5, 5.41) is 2.02. The lowest BCUT2D eigenvalue weighted by atomic mass is 10.3. The van der Waals surface area contributed by atoms with E-state index in [1.807, 2.05) is 30.3 Å². The molecule has 1 heterocycles. The molecular formula is C9H9N3S. The minimum absolute atomic E-state index is 0.103. The molecule has 66 valence electrons. The molecule has 0 unspecified atom stereocenters. The van der Waals surface area contributed by atoms with Gasteiger partial charge >= 0.3 is 0 Å². The van der Waals surface area contributed by atoms with Gasteiger partial charge in [-0.2, -0.15) is 0 Å². The van der Waals surface area contributed by atoms with Crippen LogP contribution in [0.2, 0.25) is 0 Å². The van der Waals surface area contributed by atoms with Crippen molar-refractivity contribution in [1.29, 1.82) is 0 Å². The number of nitrogens with zero attached hydrogens (tertiary/aromatic N) is 1. The Labute approximate surface area is 79.7 Å². The molecule has 0 aliphatic carbocycles. The minimum atomic E-state index is 0.103. The number of nitrogens with two attached hydrogens (primary N) is 2. The highest BCUT2D eigenvalue weighted by molar-refractivity contribution is 7.22. The zero-order chi connectivity index (χ0) is 9.26. The number of hydrogen-bond acceptors (Lipinski definition) is 2. The van der Waals surface area contributed by atoms with Crippen molar-refractivity contribution < 1.29 is 0 Å². The van der Waals surface area contributed by atoms with Crippen LogP contribution >= 0.6 is 11.3 Å². The van der Waals surface area contributed by atoms with Gasteiger partial charge in [-0.25, -0.2) is 4.99 Å². The highest BCUT2D eigenvalue weighted by Gasteiger charge is 1.98. The highest BCUT2D eigenvalue weighted by atomic mass is 32.1. The van der Waals surface area contributed by atoms with Gasteiger partial charge in [0.2, 0.25) is 0 Å². The molecular weight excluding hydrogens is 182 g/mol. The third-order valence-corrected chi connectivity index (χ3v) is 2.66. The standard InChI is InChI=1S/C9H9N3S/c10-9(11)12-8-5-6-3-1-2-4-7(6)13-8/h1-5H,(H4,10,11,12). The van der Waals surface area contributed by atoms with Gasteiger partial charge in [-0.3, -0.25) is 0 Å². The van der Waals surface area contributed by atoms with E-state index < -0.39 is 0 Å². The Bertz CT molecular complexity index is 422. The van der Waals surface area contributed by atoms with Crippen molar-refractivity contribution in [2.75, 3.05) is 0 Å². The molecule has 0 aliphatic rings. The van der Waals surface area contributed by atoms with Crippen molar-refractivity contribution in [1.82, 2.24) is 0 Å². The summed E-state index contributed by atoms with van der Waals surface area (Å²) < 4.78 is 1.20. The van der Waals surface area contributed by atoms with Gasteiger partial charge < -0.3 is 11.5 Å². The van der Waals surface area contributed by atoms with E-state index in [1.54, 1.807) is 11.3 Å². The number of rotatable bonds is 1. The van der Waals surface area contributed by atoms with E-state index in [0.717, 1.165) is 5.00 Å². The van der Waals surface area contributed by atoms with E-state index in [2.05, 4.69) is 4.99 Å². The molecule has 1 aromatic carbocycles. The van der Waals surface area contributed by atoms with Crippen LogP contribution in [0.15, 0.2) is 35.3 Å². The zero-order valence-corrected chi connectivity index (χ0v) is 7.71. The number of guanidine groups is 1. The summed E-state index contributed by atoms with van der Waals surface area (Å²) in [6.07, 6.45) is 0. The maximum Gasteiger partial charge on any atom is 0.191 e. The topological polar surface area (TPSA) is 64.4 Å². The monoisotopic (exact) mass is 191 g/mol. The zero-order valence-electron chi connectivity index (χ0n) is 6.90. The van der Waals surface area contributed by atoms with E-state index in [-0.39, 0.29) is 5.96 Å². The molecule has 2 aromatic rings. The Hall–Kier alpha value is -1.55. The minimum Gasteiger partial charge on any atom is -0.370 e. The average Bonchev–Trinajstić information content (AvgIpc) is 2.44. The predicted octanol–water partition coefficient (Wildman–Crippen LogP) is 1.81. The molecule has 4 N–H and O–H groups in total. The second-order valence-corrected chi connectivity index (χ2v) is 3.72. The molecule has 13 heavy (non-hydrogen) atoms. The SMILES string of the molecule is NC(N)=Nc1cc2ccccc2s1. The Morgan fingerprint density at radius 3 is 2.69 bits per heavy atom. The Morgan fingerprint density at radius 2 is 2.00 bits per heavy atom. The molecule has 4 heteroatoms. The van der Waals surface area contributed by atoms with Gasteiger partial charge in [0.05, 0.1) is 0 Å². The summed E-state index contributed by atoms with van der Waals surface area (Å²) in [4.78, 5) is 3.99. The maximum atomic E-state index is 5.28. The lowest BCUT2D eigenvalue weighted by Crippen LogP contribution is -2.21. The fourth-order valence-corrected chi connectivity index (χ4v) is 2.10. The van der Waals surface area contributed by atoms with E-state index >= 15 is 0 Å². The van der Waals surface area contributed by atoms with Gasteiger partial charge in [-0.05, 0) is 17.5 Å². The average molecular weight is 191 g/mol. The smallest absolute Gasteiger partial charge is 0.191 e.